The van der Waals surface area contributed by atoms with Gasteiger partial charge in [0, 0.05) is 5.54 Å². The van der Waals surface area contributed by atoms with E-state index in [9.17, 15) is 0 Å². The van der Waals surface area contributed by atoms with Crippen LogP contribution in [0.1, 0.15) is 76.8 Å². The summed E-state index contributed by atoms with van der Waals surface area (Å²) >= 11 is 0. The summed E-state index contributed by atoms with van der Waals surface area (Å²) in [5, 5.41) is 0. The fourth-order valence-corrected chi connectivity index (χ4v) is 2.60. The van der Waals surface area contributed by atoms with Gasteiger partial charge in [-0.3, -0.25) is 0 Å². The summed E-state index contributed by atoms with van der Waals surface area (Å²) in [6.45, 7) is 6.50. The summed E-state index contributed by atoms with van der Waals surface area (Å²) in [6, 6.07) is 8.90. The summed E-state index contributed by atoms with van der Waals surface area (Å²) in [6.07, 6.45) is 11.6. The van der Waals surface area contributed by atoms with Crippen LogP contribution < -0.4 is 5.73 Å². The van der Waals surface area contributed by atoms with Gasteiger partial charge in [0.25, 0.3) is 0 Å². The molecule has 1 aromatic rings. The highest BCUT2D eigenvalue weighted by Gasteiger charge is 2.11. The molecule has 1 aromatic carbocycles. The lowest BCUT2D eigenvalue weighted by molar-refractivity contribution is 0.476. The minimum atomic E-state index is -0.0622. The Morgan fingerprint density at radius 3 is 2.00 bits per heavy atom. The molecule has 0 bridgehead atoms. The molecule has 20 heavy (non-hydrogen) atoms. The third-order valence-electron chi connectivity index (χ3n) is 3.96. The fourth-order valence-electron chi connectivity index (χ4n) is 2.60. The normalized spacial score (nSPS) is 11.8. The first-order valence-electron chi connectivity index (χ1n) is 8.38. The van der Waals surface area contributed by atoms with Gasteiger partial charge in [0.2, 0.25) is 0 Å². The van der Waals surface area contributed by atoms with Gasteiger partial charge in [0.15, 0.2) is 0 Å². The topological polar surface area (TPSA) is 26.0 Å². The number of hydrogen-bond acceptors (Lipinski definition) is 1. The van der Waals surface area contributed by atoms with Crippen LogP contribution >= 0.6 is 0 Å². The van der Waals surface area contributed by atoms with E-state index in [1.165, 1.54) is 56.1 Å². The summed E-state index contributed by atoms with van der Waals surface area (Å²) in [4.78, 5) is 0. The molecule has 1 heteroatoms. The van der Waals surface area contributed by atoms with Crippen LogP contribution in [0.15, 0.2) is 24.3 Å². The molecule has 0 atom stereocenters. The van der Waals surface area contributed by atoms with Crippen LogP contribution in [-0.4, -0.2) is 5.54 Å². The third-order valence-corrected chi connectivity index (χ3v) is 3.96. The standard InChI is InChI=1S/C19H33N/c1-4-5-6-7-8-9-12-17-13-10-11-14-18(17)15-16-19(2,3)20/h10-11,13-14H,4-9,12,15-16,20H2,1-3H3. The Hall–Kier alpha value is -0.820. The SMILES string of the molecule is CCCCCCCCc1ccccc1CCC(C)(C)N. The molecule has 0 fully saturated rings. The molecule has 0 amide bonds. The highest BCUT2D eigenvalue weighted by molar-refractivity contribution is 5.27. The van der Waals surface area contributed by atoms with E-state index < -0.39 is 0 Å². The zero-order valence-corrected chi connectivity index (χ0v) is 13.8. The Morgan fingerprint density at radius 2 is 1.40 bits per heavy atom. The van der Waals surface area contributed by atoms with Crippen LogP contribution in [0, 0.1) is 0 Å². The lowest BCUT2D eigenvalue weighted by atomic mass is 9.92. The maximum atomic E-state index is 6.10. The lowest BCUT2D eigenvalue weighted by Crippen LogP contribution is -2.32. The number of rotatable bonds is 10. The highest BCUT2D eigenvalue weighted by Crippen LogP contribution is 2.18. The molecule has 0 unspecified atom stereocenters. The Labute approximate surface area is 126 Å². The molecule has 2 N–H and O–H groups in total. The predicted molar refractivity (Wildman–Crippen MR) is 90.1 cm³/mol. The average molecular weight is 275 g/mol. The summed E-state index contributed by atoms with van der Waals surface area (Å²) in [5.74, 6) is 0. The van der Waals surface area contributed by atoms with E-state index in [1.807, 2.05) is 0 Å². The van der Waals surface area contributed by atoms with Crippen molar-refractivity contribution in [3.63, 3.8) is 0 Å². The van der Waals surface area contributed by atoms with Crippen LogP contribution in [0.3, 0.4) is 0 Å². The van der Waals surface area contributed by atoms with E-state index in [4.69, 9.17) is 5.73 Å². The van der Waals surface area contributed by atoms with Crippen LogP contribution in [0.2, 0.25) is 0 Å². The van der Waals surface area contributed by atoms with Crippen molar-refractivity contribution in [2.24, 2.45) is 5.73 Å². The number of nitrogens with two attached hydrogens (primary N) is 1. The van der Waals surface area contributed by atoms with Crippen molar-refractivity contribution in [2.45, 2.75) is 84.1 Å². The van der Waals surface area contributed by atoms with Gasteiger partial charge < -0.3 is 5.73 Å². The molecule has 0 aromatic heterocycles. The van der Waals surface area contributed by atoms with Crippen molar-refractivity contribution >= 4 is 0 Å². The molecular weight excluding hydrogens is 242 g/mol. The van der Waals surface area contributed by atoms with E-state index in [0.717, 1.165) is 12.8 Å². The van der Waals surface area contributed by atoms with E-state index in [0.29, 0.717) is 0 Å². The van der Waals surface area contributed by atoms with Gasteiger partial charge in [-0.25, -0.2) is 0 Å². The minimum Gasteiger partial charge on any atom is -0.326 e. The molecule has 0 aliphatic rings. The molecule has 0 saturated carbocycles. The molecule has 0 aliphatic carbocycles. The van der Waals surface area contributed by atoms with Gasteiger partial charge in [-0.1, -0.05) is 63.3 Å². The first kappa shape index (κ1) is 17.2. The smallest absolute Gasteiger partial charge is 0.0100 e. The maximum Gasteiger partial charge on any atom is 0.0100 e. The van der Waals surface area contributed by atoms with Crippen molar-refractivity contribution in [3.05, 3.63) is 35.4 Å². The highest BCUT2D eigenvalue weighted by atomic mass is 14.7. The van der Waals surface area contributed by atoms with Crippen molar-refractivity contribution in [3.8, 4) is 0 Å². The lowest BCUT2D eigenvalue weighted by Gasteiger charge is -2.19. The first-order chi connectivity index (χ1) is 9.53. The summed E-state index contributed by atoms with van der Waals surface area (Å²) in [5.41, 5.74) is 9.07. The Kier molecular flexibility index (Phi) is 7.91. The molecular formula is C19H33N. The van der Waals surface area contributed by atoms with Gasteiger partial charge in [-0.15, -0.1) is 0 Å². The largest absolute Gasteiger partial charge is 0.326 e. The van der Waals surface area contributed by atoms with Gasteiger partial charge >= 0.3 is 0 Å². The Balaban J connectivity index is 2.37. The molecule has 0 aliphatic heterocycles. The Morgan fingerprint density at radius 1 is 0.850 bits per heavy atom. The minimum absolute atomic E-state index is 0.0622. The van der Waals surface area contributed by atoms with E-state index >= 15 is 0 Å². The van der Waals surface area contributed by atoms with Crippen molar-refractivity contribution < 1.29 is 0 Å². The van der Waals surface area contributed by atoms with Crippen LogP contribution in [-0.2, 0) is 12.8 Å². The molecule has 0 spiro atoms. The van der Waals surface area contributed by atoms with E-state index in [1.54, 1.807) is 0 Å². The van der Waals surface area contributed by atoms with Gasteiger partial charge in [-0.2, -0.15) is 0 Å². The summed E-state index contributed by atoms with van der Waals surface area (Å²) < 4.78 is 0. The molecule has 0 heterocycles. The zero-order valence-electron chi connectivity index (χ0n) is 13.8. The molecule has 0 radical (unpaired) electrons. The van der Waals surface area contributed by atoms with E-state index in [2.05, 4.69) is 45.0 Å². The number of aryl methyl sites for hydroxylation is 2. The summed E-state index contributed by atoms with van der Waals surface area (Å²) in [7, 11) is 0. The quantitative estimate of drug-likeness (QED) is 0.579. The van der Waals surface area contributed by atoms with Gasteiger partial charge in [0.1, 0.15) is 0 Å². The Bertz CT molecular complexity index is 362. The molecule has 1 rings (SSSR count). The fraction of sp³-hybridized carbons (Fsp3) is 0.684. The van der Waals surface area contributed by atoms with Crippen LogP contribution in [0.4, 0.5) is 0 Å². The molecule has 1 nitrogen and oxygen atoms in total. The number of benzene rings is 1. The predicted octanol–water partition coefficient (Wildman–Crippen LogP) is 5.26. The van der Waals surface area contributed by atoms with Crippen molar-refractivity contribution in [1.82, 2.24) is 0 Å². The van der Waals surface area contributed by atoms with Gasteiger partial charge in [-0.05, 0) is 50.7 Å². The zero-order chi connectivity index (χ0) is 14.8. The van der Waals surface area contributed by atoms with E-state index in [-0.39, 0.29) is 5.54 Å². The second-order valence-corrected chi connectivity index (χ2v) is 6.78. The number of unbranched alkanes of at least 4 members (excludes halogenated alkanes) is 5. The molecule has 114 valence electrons. The van der Waals surface area contributed by atoms with Crippen LogP contribution in [0.25, 0.3) is 0 Å². The van der Waals surface area contributed by atoms with Crippen molar-refractivity contribution in [1.29, 1.82) is 0 Å². The maximum absolute atomic E-state index is 6.10. The molecule has 0 saturated heterocycles. The second-order valence-electron chi connectivity index (χ2n) is 6.78. The monoisotopic (exact) mass is 275 g/mol. The average Bonchev–Trinajstić information content (AvgIpc) is 2.40. The second kappa shape index (κ2) is 9.18. The number of hydrogen-bond donors (Lipinski definition) is 1. The third kappa shape index (κ3) is 7.69. The van der Waals surface area contributed by atoms with Gasteiger partial charge in [0.05, 0.1) is 0 Å². The van der Waals surface area contributed by atoms with Crippen LogP contribution in [0.5, 0.6) is 0 Å². The first-order valence-corrected chi connectivity index (χ1v) is 8.38. The van der Waals surface area contributed by atoms with Crippen molar-refractivity contribution in [2.75, 3.05) is 0 Å².